The number of rotatable bonds is 5. The van der Waals surface area contributed by atoms with Crippen LogP contribution in [0.25, 0.3) is 0 Å². The van der Waals surface area contributed by atoms with Crippen LogP contribution in [0.2, 0.25) is 0 Å². The first-order chi connectivity index (χ1) is 10.7. The van der Waals surface area contributed by atoms with E-state index in [0.717, 1.165) is 0 Å². The zero-order valence-electron chi connectivity index (χ0n) is 13.6. The monoisotopic (exact) mass is 342 g/mol. The van der Waals surface area contributed by atoms with E-state index in [4.69, 9.17) is 4.74 Å². The van der Waals surface area contributed by atoms with Crippen molar-refractivity contribution < 1.29 is 22.7 Å². The van der Waals surface area contributed by atoms with Gasteiger partial charge >= 0.3 is 5.97 Å². The number of hydrogen-bond donors (Lipinski definition) is 0. The number of nitrogens with zero attached hydrogens (tertiary/aromatic N) is 2. The van der Waals surface area contributed by atoms with E-state index in [0.29, 0.717) is 18.7 Å². The van der Waals surface area contributed by atoms with Crippen molar-refractivity contribution in [3.8, 4) is 0 Å². The second kappa shape index (κ2) is 6.74. The number of carbonyl (C=O) groups excluding carboxylic acids is 2. The number of amides is 1. The predicted octanol–water partition coefficient (Wildman–Crippen LogP) is 0.606. The lowest BCUT2D eigenvalue weighted by atomic mass is 10.2. The average Bonchev–Trinajstić information content (AvgIpc) is 3.05. The summed E-state index contributed by atoms with van der Waals surface area (Å²) in [5.74, 6) is -0.866. The molecule has 1 saturated heterocycles. The molecule has 0 radical (unpaired) electrons. The molecule has 1 aliphatic heterocycles. The van der Waals surface area contributed by atoms with E-state index in [1.807, 2.05) is 0 Å². The molecule has 0 saturated carbocycles. The lowest BCUT2D eigenvalue weighted by molar-refractivity contribution is -0.141. The van der Waals surface area contributed by atoms with Gasteiger partial charge in [0, 0.05) is 25.8 Å². The molecular formula is C15H22N2O5S. The molecule has 1 aromatic heterocycles. The highest BCUT2D eigenvalue weighted by atomic mass is 32.2. The fourth-order valence-electron chi connectivity index (χ4n) is 2.79. The predicted molar refractivity (Wildman–Crippen MR) is 84.7 cm³/mol. The van der Waals surface area contributed by atoms with Crippen molar-refractivity contribution in [3.63, 3.8) is 0 Å². The summed E-state index contributed by atoms with van der Waals surface area (Å²) in [6.45, 7) is 3.68. The van der Waals surface area contributed by atoms with Gasteiger partial charge in [0.2, 0.25) is 0 Å². The van der Waals surface area contributed by atoms with Gasteiger partial charge in [0.25, 0.3) is 5.91 Å². The Morgan fingerprint density at radius 2 is 2.17 bits per heavy atom. The van der Waals surface area contributed by atoms with Crippen LogP contribution in [-0.2, 0) is 26.4 Å². The third-order valence-corrected chi connectivity index (χ3v) is 5.81. The maximum absolute atomic E-state index is 12.5. The highest BCUT2D eigenvalue weighted by Gasteiger charge is 2.36. The van der Waals surface area contributed by atoms with Crippen molar-refractivity contribution in [1.82, 2.24) is 9.47 Å². The van der Waals surface area contributed by atoms with Crippen molar-refractivity contribution in [2.45, 2.75) is 32.4 Å². The van der Waals surface area contributed by atoms with Gasteiger partial charge in [-0.3, -0.25) is 4.79 Å². The van der Waals surface area contributed by atoms with Crippen molar-refractivity contribution in [1.29, 1.82) is 0 Å². The summed E-state index contributed by atoms with van der Waals surface area (Å²) in [6, 6.07) is 2.99. The lowest BCUT2D eigenvalue weighted by Crippen LogP contribution is -2.46. The van der Waals surface area contributed by atoms with Crippen molar-refractivity contribution in [2.24, 2.45) is 7.05 Å². The van der Waals surface area contributed by atoms with Gasteiger partial charge < -0.3 is 14.2 Å². The van der Waals surface area contributed by atoms with Gasteiger partial charge in [-0.1, -0.05) is 0 Å². The Morgan fingerprint density at radius 3 is 2.65 bits per heavy atom. The van der Waals surface area contributed by atoms with Crippen LogP contribution in [-0.4, -0.2) is 60.0 Å². The fourth-order valence-corrected chi connectivity index (χ4v) is 4.52. The smallest absolute Gasteiger partial charge is 0.355 e. The number of likely N-dealkylation sites (N-methyl/N-ethyl adjacent to an activating group) is 1. The first-order valence-electron chi connectivity index (χ1n) is 7.58. The van der Waals surface area contributed by atoms with Gasteiger partial charge in [0.05, 0.1) is 11.5 Å². The van der Waals surface area contributed by atoms with Gasteiger partial charge in [-0.05, 0) is 32.4 Å². The maximum Gasteiger partial charge on any atom is 0.355 e. The number of hydrogen-bond acceptors (Lipinski definition) is 5. The summed E-state index contributed by atoms with van der Waals surface area (Å²) in [7, 11) is -1.37. The maximum atomic E-state index is 12.5. The molecule has 1 fully saturated rings. The molecule has 0 aromatic carbocycles. The number of sulfone groups is 1. The Labute approximate surface area is 136 Å². The average molecular weight is 342 g/mol. The zero-order valence-corrected chi connectivity index (χ0v) is 14.4. The van der Waals surface area contributed by atoms with E-state index in [1.54, 1.807) is 36.9 Å². The molecule has 0 spiro atoms. The van der Waals surface area contributed by atoms with Crippen LogP contribution in [0.1, 0.15) is 30.8 Å². The van der Waals surface area contributed by atoms with E-state index in [2.05, 4.69) is 0 Å². The lowest BCUT2D eigenvalue weighted by Gasteiger charge is -2.29. The molecule has 23 heavy (non-hydrogen) atoms. The second-order valence-corrected chi connectivity index (χ2v) is 7.96. The Morgan fingerprint density at radius 1 is 1.48 bits per heavy atom. The molecular weight excluding hydrogens is 320 g/mol. The van der Waals surface area contributed by atoms with E-state index in [9.17, 15) is 18.0 Å². The first kappa shape index (κ1) is 17.5. The molecule has 128 valence electrons. The van der Waals surface area contributed by atoms with Crippen LogP contribution in [0.4, 0.5) is 0 Å². The van der Waals surface area contributed by atoms with Crippen LogP contribution < -0.4 is 0 Å². The van der Waals surface area contributed by atoms with E-state index >= 15 is 0 Å². The SMILES string of the molecule is CCN(C(=O)[C@H](C)OC(=O)c1cccn1C)[C@H]1CCS(=O)(=O)C1. The quantitative estimate of drug-likeness (QED) is 0.732. The van der Waals surface area contributed by atoms with Crippen LogP contribution in [0.3, 0.4) is 0 Å². The third kappa shape index (κ3) is 3.93. The van der Waals surface area contributed by atoms with Gasteiger partial charge in [0.1, 0.15) is 5.69 Å². The fraction of sp³-hybridized carbons (Fsp3) is 0.600. The number of ether oxygens (including phenoxy) is 1. The Balaban J connectivity index is 2.03. The minimum absolute atomic E-state index is 0.0228. The number of esters is 1. The highest BCUT2D eigenvalue weighted by molar-refractivity contribution is 7.91. The summed E-state index contributed by atoms with van der Waals surface area (Å²) < 4.78 is 30.0. The topological polar surface area (TPSA) is 85.7 Å². The van der Waals surface area contributed by atoms with Crippen LogP contribution in [0, 0.1) is 0 Å². The minimum atomic E-state index is -3.08. The molecule has 8 heteroatoms. The summed E-state index contributed by atoms with van der Waals surface area (Å²) in [4.78, 5) is 26.1. The molecule has 0 N–H and O–H groups in total. The Hall–Kier alpha value is -1.83. The molecule has 2 atom stereocenters. The molecule has 2 heterocycles. The third-order valence-electron chi connectivity index (χ3n) is 4.06. The molecule has 1 aliphatic rings. The van der Waals surface area contributed by atoms with Crippen LogP contribution in [0.5, 0.6) is 0 Å². The van der Waals surface area contributed by atoms with Gasteiger partial charge in [0.15, 0.2) is 15.9 Å². The van der Waals surface area contributed by atoms with E-state index in [1.165, 1.54) is 11.8 Å². The summed E-state index contributed by atoms with van der Waals surface area (Å²) in [5, 5.41) is 0. The summed E-state index contributed by atoms with van der Waals surface area (Å²) in [5.41, 5.74) is 0.358. The normalized spacial score (nSPS) is 20.9. The Bertz CT molecular complexity index is 694. The van der Waals surface area contributed by atoms with Crippen LogP contribution >= 0.6 is 0 Å². The molecule has 0 bridgehead atoms. The van der Waals surface area contributed by atoms with Crippen LogP contribution in [0.15, 0.2) is 18.3 Å². The second-order valence-electron chi connectivity index (χ2n) is 5.73. The number of carbonyl (C=O) groups is 2. The molecule has 1 aromatic rings. The standard InChI is InChI=1S/C15H22N2O5S/c1-4-17(12-7-9-23(20,21)10-12)14(18)11(2)22-15(19)13-6-5-8-16(13)3/h5-6,8,11-12H,4,7,9-10H2,1-3H3/t11-,12-/m0/s1. The summed E-state index contributed by atoms with van der Waals surface area (Å²) in [6.07, 6.45) is 1.19. The minimum Gasteiger partial charge on any atom is -0.448 e. The largest absolute Gasteiger partial charge is 0.448 e. The summed E-state index contributed by atoms with van der Waals surface area (Å²) >= 11 is 0. The molecule has 7 nitrogen and oxygen atoms in total. The molecule has 1 amide bonds. The first-order valence-corrected chi connectivity index (χ1v) is 9.40. The van der Waals surface area contributed by atoms with Gasteiger partial charge in [-0.15, -0.1) is 0 Å². The molecule has 2 rings (SSSR count). The van der Waals surface area contributed by atoms with Crippen molar-refractivity contribution >= 4 is 21.7 Å². The molecule has 0 unspecified atom stereocenters. The van der Waals surface area contributed by atoms with Crippen molar-refractivity contribution in [2.75, 3.05) is 18.1 Å². The van der Waals surface area contributed by atoms with E-state index < -0.39 is 21.9 Å². The molecule has 0 aliphatic carbocycles. The number of aromatic nitrogens is 1. The van der Waals surface area contributed by atoms with Gasteiger partial charge in [-0.25, -0.2) is 13.2 Å². The Kier molecular flexibility index (Phi) is 5.13. The number of aryl methyl sites for hydroxylation is 1. The zero-order chi connectivity index (χ0) is 17.2. The van der Waals surface area contributed by atoms with Crippen molar-refractivity contribution in [3.05, 3.63) is 24.0 Å². The van der Waals surface area contributed by atoms with E-state index in [-0.39, 0.29) is 23.5 Å². The highest BCUT2D eigenvalue weighted by Crippen LogP contribution is 2.19. The van der Waals surface area contributed by atoms with Gasteiger partial charge in [-0.2, -0.15) is 0 Å².